The van der Waals surface area contributed by atoms with Gasteiger partial charge in [-0.1, -0.05) is 12.1 Å². The Bertz CT molecular complexity index is 661. The molecule has 3 aromatic rings. The van der Waals surface area contributed by atoms with Crippen LogP contribution in [0.5, 0.6) is 0 Å². The van der Waals surface area contributed by atoms with Crippen LogP contribution in [-0.2, 0) is 0 Å². The topological polar surface area (TPSA) is 53.6 Å². The molecular formula is C14H16N4S. The van der Waals surface area contributed by atoms with Crippen LogP contribution in [0.25, 0.3) is 10.2 Å². The van der Waals surface area contributed by atoms with Gasteiger partial charge in [-0.25, -0.2) is 4.98 Å². The summed E-state index contributed by atoms with van der Waals surface area (Å²) in [5, 5.41) is 11.8. The first kappa shape index (κ1) is 12.2. The average molecular weight is 272 g/mol. The first-order valence-corrected chi connectivity index (χ1v) is 7.10. The molecule has 0 fully saturated rings. The molecule has 0 aliphatic carbocycles. The highest BCUT2D eigenvalue weighted by Crippen LogP contribution is 2.29. The maximum Gasteiger partial charge on any atom is 0.116 e. The molecule has 0 aliphatic rings. The minimum Gasteiger partial charge on any atom is -0.373 e. The van der Waals surface area contributed by atoms with Gasteiger partial charge in [0.25, 0.3) is 0 Å². The normalized spacial score (nSPS) is 12.8. The van der Waals surface area contributed by atoms with Crippen molar-refractivity contribution < 1.29 is 0 Å². The number of para-hydroxylation sites is 1. The Labute approximate surface area is 115 Å². The molecule has 0 amide bonds. The lowest BCUT2D eigenvalue weighted by Gasteiger charge is -2.12. The molecule has 2 heterocycles. The number of nitrogens with one attached hydrogen (secondary N) is 2. The van der Waals surface area contributed by atoms with E-state index in [1.165, 1.54) is 4.70 Å². The number of fused-ring (bicyclic) bond motifs is 1. The fourth-order valence-electron chi connectivity index (χ4n) is 2.12. The molecule has 1 atom stereocenters. The lowest BCUT2D eigenvalue weighted by Crippen LogP contribution is -2.07. The van der Waals surface area contributed by atoms with Crippen molar-refractivity contribution in [3.8, 4) is 0 Å². The highest BCUT2D eigenvalue weighted by molar-refractivity contribution is 7.18. The van der Waals surface area contributed by atoms with Gasteiger partial charge in [-0.2, -0.15) is 5.10 Å². The maximum absolute atomic E-state index is 4.68. The van der Waals surface area contributed by atoms with Gasteiger partial charge in [0.1, 0.15) is 5.01 Å². The zero-order valence-electron chi connectivity index (χ0n) is 11.2. The van der Waals surface area contributed by atoms with E-state index in [0.717, 1.165) is 27.6 Å². The molecule has 4 nitrogen and oxygen atoms in total. The third-order valence-corrected chi connectivity index (χ3v) is 4.39. The Balaban J connectivity index is 1.89. The van der Waals surface area contributed by atoms with Crippen LogP contribution in [0, 0.1) is 13.8 Å². The molecule has 19 heavy (non-hydrogen) atoms. The highest BCUT2D eigenvalue weighted by Gasteiger charge is 2.14. The molecule has 0 saturated heterocycles. The highest BCUT2D eigenvalue weighted by atomic mass is 32.1. The molecule has 2 N–H and O–H groups in total. The molecule has 1 unspecified atom stereocenters. The quantitative estimate of drug-likeness (QED) is 0.762. The Morgan fingerprint density at radius 3 is 2.74 bits per heavy atom. The first-order valence-electron chi connectivity index (χ1n) is 6.28. The Morgan fingerprint density at radius 1 is 1.26 bits per heavy atom. The van der Waals surface area contributed by atoms with Crippen LogP contribution in [0.3, 0.4) is 0 Å². The summed E-state index contributed by atoms with van der Waals surface area (Å²) in [5.41, 5.74) is 4.19. The number of H-pyrrole nitrogens is 1. The second kappa shape index (κ2) is 4.66. The van der Waals surface area contributed by atoms with Gasteiger partial charge in [-0.3, -0.25) is 5.10 Å². The van der Waals surface area contributed by atoms with Crippen LogP contribution in [0.4, 0.5) is 5.69 Å². The van der Waals surface area contributed by atoms with Crippen molar-refractivity contribution in [3.63, 3.8) is 0 Å². The molecule has 0 bridgehead atoms. The summed E-state index contributed by atoms with van der Waals surface area (Å²) in [6.45, 7) is 6.15. The van der Waals surface area contributed by atoms with Crippen molar-refractivity contribution >= 4 is 27.2 Å². The van der Waals surface area contributed by atoms with Crippen LogP contribution < -0.4 is 5.32 Å². The number of aryl methyl sites for hydroxylation is 2. The van der Waals surface area contributed by atoms with Crippen LogP contribution in [0.1, 0.15) is 29.4 Å². The second-order valence-corrected chi connectivity index (χ2v) is 5.76. The summed E-state index contributed by atoms with van der Waals surface area (Å²) in [4.78, 5) is 4.68. The number of hydrogen-bond donors (Lipinski definition) is 2. The summed E-state index contributed by atoms with van der Waals surface area (Å²) < 4.78 is 1.23. The van der Waals surface area contributed by atoms with Gasteiger partial charge in [0.15, 0.2) is 0 Å². The van der Waals surface area contributed by atoms with Crippen molar-refractivity contribution in [2.45, 2.75) is 26.8 Å². The third-order valence-electron chi connectivity index (χ3n) is 3.17. The van der Waals surface area contributed by atoms with Crippen molar-refractivity contribution in [1.82, 2.24) is 15.2 Å². The van der Waals surface area contributed by atoms with E-state index in [2.05, 4.69) is 39.6 Å². The summed E-state index contributed by atoms with van der Waals surface area (Å²) in [6, 6.07) is 8.40. The Morgan fingerprint density at radius 2 is 2.05 bits per heavy atom. The minimum absolute atomic E-state index is 0.174. The largest absolute Gasteiger partial charge is 0.373 e. The molecule has 2 aromatic heterocycles. The predicted octanol–water partition coefficient (Wildman–Crippen LogP) is 3.81. The van der Waals surface area contributed by atoms with E-state index in [4.69, 9.17) is 0 Å². The molecule has 98 valence electrons. The summed E-state index contributed by atoms with van der Waals surface area (Å²) in [5.74, 6) is 0. The fourth-order valence-corrected chi connectivity index (χ4v) is 3.09. The smallest absolute Gasteiger partial charge is 0.116 e. The Hall–Kier alpha value is -1.88. The molecule has 0 saturated carbocycles. The van der Waals surface area contributed by atoms with E-state index in [1.54, 1.807) is 11.3 Å². The van der Waals surface area contributed by atoms with E-state index >= 15 is 0 Å². The average Bonchev–Trinajstić information content (AvgIpc) is 2.97. The lowest BCUT2D eigenvalue weighted by molar-refractivity contribution is 0.870. The zero-order valence-corrected chi connectivity index (χ0v) is 12.0. The number of aromatic nitrogens is 3. The number of nitrogens with zero attached hydrogens (tertiary/aromatic N) is 2. The summed E-state index contributed by atoms with van der Waals surface area (Å²) in [7, 11) is 0. The summed E-state index contributed by atoms with van der Waals surface area (Å²) >= 11 is 1.73. The van der Waals surface area contributed by atoms with Gasteiger partial charge in [0.05, 0.1) is 33.3 Å². The van der Waals surface area contributed by atoms with Gasteiger partial charge in [-0.15, -0.1) is 11.3 Å². The molecule has 0 radical (unpaired) electrons. The second-order valence-electron chi connectivity index (χ2n) is 4.69. The molecule has 1 aromatic carbocycles. The van der Waals surface area contributed by atoms with Crippen molar-refractivity contribution in [2.24, 2.45) is 0 Å². The van der Waals surface area contributed by atoms with Crippen LogP contribution in [-0.4, -0.2) is 15.2 Å². The van der Waals surface area contributed by atoms with Gasteiger partial charge in [-0.05, 0) is 32.9 Å². The lowest BCUT2D eigenvalue weighted by atomic mass is 10.2. The van der Waals surface area contributed by atoms with Crippen molar-refractivity contribution in [2.75, 3.05) is 5.32 Å². The van der Waals surface area contributed by atoms with Crippen molar-refractivity contribution in [3.05, 3.63) is 40.7 Å². The first-order chi connectivity index (χ1) is 9.15. The molecular weight excluding hydrogens is 256 g/mol. The van der Waals surface area contributed by atoms with E-state index < -0.39 is 0 Å². The molecule has 0 aliphatic heterocycles. The Kier molecular flexibility index (Phi) is 2.98. The fraction of sp³-hybridized carbons (Fsp3) is 0.286. The molecule has 5 heteroatoms. The van der Waals surface area contributed by atoms with Crippen LogP contribution in [0.15, 0.2) is 24.3 Å². The van der Waals surface area contributed by atoms with Gasteiger partial charge < -0.3 is 5.32 Å². The van der Waals surface area contributed by atoms with E-state index in [0.29, 0.717) is 0 Å². The van der Waals surface area contributed by atoms with E-state index in [-0.39, 0.29) is 6.04 Å². The molecule has 3 rings (SSSR count). The number of hydrogen-bond acceptors (Lipinski definition) is 4. The van der Waals surface area contributed by atoms with Gasteiger partial charge >= 0.3 is 0 Å². The number of benzene rings is 1. The monoisotopic (exact) mass is 272 g/mol. The third kappa shape index (κ3) is 2.21. The maximum atomic E-state index is 4.68. The van der Waals surface area contributed by atoms with E-state index in [9.17, 15) is 0 Å². The minimum atomic E-state index is 0.174. The van der Waals surface area contributed by atoms with Crippen LogP contribution in [0.2, 0.25) is 0 Å². The van der Waals surface area contributed by atoms with E-state index in [1.807, 2.05) is 26.0 Å². The van der Waals surface area contributed by atoms with Crippen molar-refractivity contribution in [1.29, 1.82) is 0 Å². The number of thiazole rings is 1. The predicted molar refractivity (Wildman–Crippen MR) is 79.7 cm³/mol. The zero-order chi connectivity index (χ0) is 13.4. The van der Waals surface area contributed by atoms with Gasteiger partial charge in [0, 0.05) is 0 Å². The van der Waals surface area contributed by atoms with Gasteiger partial charge in [0.2, 0.25) is 0 Å². The number of rotatable bonds is 3. The molecule has 0 spiro atoms. The number of anilines is 1. The summed E-state index contributed by atoms with van der Waals surface area (Å²) in [6.07, 6.45) is 0. The standard InChI is InChI=1S/C14H16N4S/c1-8-13(9(2)18-17-8)15-10(3)14-16-11-6-4-5-7-12(11)19-14/h4-7,10,15H,1-3H3,(H,17,18). The number of aromatic amines is 1. The SMILES string of the molecule is Cc1n[nH]c(C)c1NC(C)c1nc2ccccc2s1. The van der Waals surface area contributed by atoms with Crippen LogP contribution >= 0.6 is 11.3 Å².